The molecule has 1 aliphatic heterocycles. The highest BCUT2D eigenvalue weighted by Crippen LogP contribution is 2.38. The second kappa shape index (κ2) is 7.48. The Kier molecular flexibility index (Phi) is 5.06. The Balaban J connectivity index is 1.64. The van der Waals surface area contributed by atoms with Crippen LogP contribution in [0.15, 0.2) is 47.4 Å². The topological polar surface area (TPSA) is 64.6 Å². The van der Waals surface area contributed by atoms with Gasteiger partial charge >= 0.3 is 0 Å². The number of fused-ring (bicyclic) bond motifs is 1. The van der Waals surface area contributed by atoms with Crippen molar-refractivity contribution in [3.63, 3.8) is 0 Å². The van der Waals surface area contributed by atoms with Crippen LogP contribution in [0.1, 0.15) is 37.3 Å². The van der Waals surface area contributed by atoms with Gasteiger partial charge in [-0.05, 0) is 48.6 Å². The second-order valence-electron chi connectivity index (χ2n) is 7.00. The van der Waals surface area contributed by atoms with Crippen molar-refractivity contribution >= 4 is 10.0 Å². The number of nitrogens with one attached hydrogen (secondary N) is 1. The Bertz CT molecular complexity index is 908. The summed E-state index contributed by atoms with van der Waals surface area (Å²) in [5.74, 6) is 0.843. The van der Waals surface area contributed by atoms with Gasteiger partial charge in [0.2, 0.25) is 10.0 Å². The second-order valence-corrected chi connectivity index (χ2v) is 8.71. The lowest BCUT2D eigenvalue weighted by Gasteiger charge is -2.25. The van der Waals surface area contributed by atoms with Crippen LogP contribution in [0, 0.1) is 11.7 Å². The van der Waals surface area contributed by atoms with Crippen LogP contribution < -0.4 is 14.2 Å². The number of benzene rings is 2. The first-order valence-corrected chi connectivity index (χ1v) is 10.7. The van der Waals surface area contributed by atoms with Gasteiger partial charge in [-0.15, -0.1) is 0 Å². The van der Waals surface area contributed by atoms with Gasteiger partial charge in [0.05, 0.1) is 4.90 Å². The first kappa shape index (κ1) is 18.3. The Labute approximate surface area is 158 Å². The van der Waals surface area contributed by atoms with Crippen LogP contribution in [0.4, 0.5) is 4.39 Å². The van der Waals surface area contributed by atoms with E-state index < -0.39 is 10.0 Å². The van der Waals surface area contributed by atoms with Crippen LogP contribution in [-0.2, 0) is 10.0 Å². The third-order valence-electron chi connectivity index (χ3n) is 5.21. The van der Waals surface area contributed by atoms with Crippen LogP contribution >= 0.6 is 0 Å². The fourth-order valence-electron chi connectivity index (χ4n) is 3.82. The summed E-state index contributed by atoms with van der Waals surface area (Å²) in [4.78, 5) is 0.136. The molecule has 1 fully saturated rings. The smallest absolute Gasteiger partial charge is 0.241 e. The molecule has 4 rings (SSSR count). The molecular formula is C20H22FNO4S. The summed E-state index contributed by atoms with van der Waals surface area (Å²) in [6.45, 7) is 0.843. The molecule has 0 spiro atoms. The lowest BCUT2D eigenvalue weighted by Crippen LogP contribution is -2.33. The monoisotopic (exact) mass is 391 g/mol. The van der Waals surface area contributed by atoms with E-state index in [0.29, 0.717) is 24.7 Å². The van der Waals surface area contributed by atoms with E-state index in [-0.39, 0.29) is 22.7 Å². The van der Waals surface area contributed by atoms with Crippen molar-refractivity contribution in [1.29, 1.82) is 0 Å². The van der Waals surface area contributed by atoms with Gasteiger partial charge < -0.3 is 9.47 Å². The molecule has 0 unspecified atom stereocenters. The van der Waals surface area contributed by atoms with Gasteiger partial charge in [-0.25, -0.2) is 17.5 Å². The van der Waals surface area contributed by atoms with Gasteiger partial charge in [0.25, 0.3) is 0 Å². The Morgan fingerprint density at radius 2 is 1.63 bits per heavy atom. The lowest BCUT2D eigenvalue weighted by atomic mass is 9.92. The average Bonchev–Trinajstić information content (AvgIpc) is 3.21. The number of hydrogen-bond donors (Lipinski definition) is 1. The standard InChI is InChI=1S/C20H22FNO4S/c21-16-7-5-15(6-8-16)20(14-3-1-2-4-14)22-27(23,24)17-9-10-18-19(13-17)26-12-11-25-18/h5-10,13-14,20,22H,1-4,11-12H2/t20-/m0/s1. The maximum atomic E-state index is 13.3. The lowest BCUT2D eigenvalue weighted by molar-refractivity contribution is 0.171. The van der Waals surface area contributed by atoms with Crippen LogP contribution in [-0.4, -0.2) is 21.6 Å². The molecule has 0 aromatic heterocycles. The quantitative estimate of drug-likeness (QED) is 0.842. The minimum Gasteiger partial charge on any atom is -0.486 e. The van der Waals surface area contributed by atoms with E-state index in [0.717, 1.165) is 31.2 Å². The average molecular weight is 391 g/mol. The number of halogens is 1. The molecule has 0 radical (unpaired) electrons. The highest BCUT2D eigenvalue weighted by molar-refractivity contribution is 7.89. The molecule has 2 aromatic carbocycles. The summed E-state index contributed by atoms with van der Waals surface area (Å²) in [6.07, 6.45) is 4.06. The van der Waals surface area contributed by atoms with Gasteiger partial charge in [0.15, 0.2) is 11.5 Å². The molecule has 0 amide bonds. The van der Waals surface area contributed by atoms with Crippen molar-refractivity contribution in [2.45, 2.75) is 36.6 Å². The number of hydrogen-bond acceptors (Lipinski definition) is 4. The van der Waals surface area contributed by atoms with Gasteiger partial charge in [0.1, 0.15) is 19.0 Å². The summed E-state index contributed by atoms with van der Waals surface area (Å²) in [6, 6.07) is 10.3. The predicted molar refractivity (Wildman–Crippen MR) is 98.9 cm³/mol. The van der Waals surface area contributed by atoms with E-state index in [4.69, 9.17) is 9.47 Å². The molecule has 2 aromatic rings. The van der Waals surface area contributed by atoms with E-state index >= 15 is 0 Å². The SMILES string of the molecule is O=S(=O)(N[C@H](c1ccc(F)cc1)C1CCCC1)c1ccc2c(c1)OCCO2. The van der Waals surface area contributed by atoms with Gasteiger partial charge in [-0.1, -0.05) is 25.0 Å². The molecule has 2 aliphatic rings. The Hall–Kier alpha value is -2.12. The summed E-state index contributed by atoms with van der Waals surface area (Å²) in [5, 5.41) is 0. The Morgan fingerprint density at radius 1 is 0.963 bits per heavy atom. The molecule has 1 atom stereocenters. The number of rotatable bonds is 5. The zero-order valence-corrected chi connectivity index (χ0v) is 15.7. The Morgan fingerprint density at radius 3 is 2.33 bits per heavy atom. The fraction of sp³-hybridized carbons (Fsp3) is 0.400. The third-order valence-corrected chi connectivity index (χ3v) is 6.65. The van der Waals surface area contributed by atoms with Crippen molar-refractivity contribution in [2.24, 2.45) is 5.92 Å². The third kappa shape index (κ3) is 3.94. The first-order chi connectivity index (χ1) is 13.0. The molecule has 1 N–H and O–H groups in total. The van der Waals surface area contributed by atoms with Crippen molar-refractivity contribution < 1.29 is 22.3 Å². The van der Waals surface area contributed by atoms with Gasteiger partial charge in [0, 0.05) is 12.1 Å². The van der Waals surface area contributed by atoms with Crippen molar-refractivity contribution in [3.05, 3.63) is 53.8 Å². The maximum Gasteiger partial charge on any atom is 0.241 e. The van der Waals surface area contributed by atoms with E-state index in [9.17, 15) is 12.8 Å². The zero-order chi connectivity index (χ0) is 18.9. The van der Waals surface area contributed by atoms with Crippen molar-refractivity contribution in [1.82, 2.24) is 4.72 Å². The largest absolute Gasteiger partial charge is 0.486 e. The molecular weight excluding hydrogens is 369 g/mol. The maximum absolute atomic E-state index is 13.3. The minimum atomic E-state index is -3.77. The molecule has 144 valence electrons. The molecule has 1 aliphatic carbocycles. The highest BCUT2D eigenvalue weighted by Gasteiger charge is 2.31. The van der Waals surface area contributed by atoms with Gasteiger partial charge in [-0.3, -0.25) is 0 Å². The van der Waals surface area contributed by atoms with E-state index in [2.05, 4.69) is 4.72 Å². The molecule has 0 saturated heterocycles. The molecule has 1 saturated carbocycles. The number of ether oxygens (including phenoxy) is 2. The van der Waals surface area contributed by atoms with Crippen LogP contribution in [0.25, 0.3) is 0 Å². The molecule has 27 heavy (non-hydrogen) atoms. The first-order valence-electron chi connectivity index (χ1n) is 9.20. The highest BCUT2D eigenvalue weighted by atomic mass is 32.2. The van der Waals surface area contributed by atoms with Gasteiger partial charge in [-0.2, -0.15) is 0 Å². The van der Waals surface area contributed by atoms with Crippen molar-refractivity contribution in [3.8, 4) is 11.5 Å². The zero-order valence-electron chi connectivity index (χ0n) is 14.9. The van der Waals surface area contributed by atoms with Crippen LogP contribution in [0.3, 0.4) is 0 Å². The summed E-state index contributed by atoms with van der Waals surface area (Å²) in [7, 11) is -3.77. The normalized spacial score (nSPS) is 18.4. The number of sulfonamides is 1. The fourth-order valence-corrected chi connectivity index (χ4v) is 5.13. The molecule has 1 heterocycles. The molecule has 0 bridgehead atoms. The van der Waals surface area contributed by atoms with E-state index in [1.54, 1.807) is 18.2 Å². The van der Waals surface area contributed by atoms with Crippen LogP contribution in [0.2, 0.25) is 0 Å². The van der Waals surface area contributed by atoms with Crippen LogP contribution in [0.5, 0.6) is 11.5 Å². The summed E-state index contributed by atoms with van der Waals surface area (Å²) in [5.41, 5.74) is 0.782. The minimum absolute atomic E-state index is 0.136. The van der Waals surface area contributed by atoms with Crippen molar-refractivity contribution in [2.75, 3.05) is 13.2 Å². The summed E-state index contributed by atoms with van der Waals surface area (Å²) < 4.78 is 53.2. The summed E-state index contributed by atoms with van der Waals surface area (Å²) >= 11 is 0. The molecule has 5 nitrogen and oxygen atoms in total. The van der Waals surface area contributed by atoms with E-state index in [1.807, 2.05) is 0 Å². The van der Waals surface area contributed by atoms with E-state index in [1.165, 1.54) is 24.3 Å². The molecule has 7 heteroatoms. The predicted octanol–water partition coefficient (Wildman–Crippen LogP) is 3.81.